The fourth-order valence-electron chi connectivity index (χ4n) is 3.74. The summed E-state index contributed by atoms with van der Waals surface area (Å²) in [6, 6.07) is 9.44. The first-order valence-corrected chi connectivity index (χ1v) is 10.4. The number of methoxy groups -OCH3 is 1. The van der Waals surface area contributed by atoms with Crippen molar-refractivity contribution in [2.45, 2.75) is 39.2 Å². The van der Waals surface area contributed by atoms with Crippen LogP contribution in [0.1, 0.15) is 42.4 Å². The average Bonchev–Trinajstić information content (AvgIpc) is 3.03. The van der Waals surface area contributed by atoms with Gasteiger partial charge in [-0.25, -0.2) is 4.39 Å². The topological polar surface area (TPSA) is 78.3 Å². The Kier molecular flexibility index (Phi) is 6.16. The van der Waals surface area contributed by atoms with Crippen molar-refractivity contribution in [2.24, 2.45) is 0 Å². The molecule has 162 valence electrons. The largest absolute Gasteiger partial charge is 0.493 e. The number of nitrogens with zero attached hydrogens (tertiary/aromatic N) is 3. The summed E-state index contributed by atoms with van der Waals surface area (Å²) >= 11 is 0. The van der Waals surface area contributed by atoms with Crippen molar-refractivity contribution in [3.8, 4) is 22.9 Å². The fourth-order valence-corrected chi connectivity index (χ4v) is 3.74. The number of hydrogen-bond donors (Lipinski definition) is 1. The second kappa shape index (κ2) is 9.16. The average molecular weight is 424 g/mol. The number of amides is 1. The molecule has 3 aromatic rings. The molecule has 31 heavy (non-hydrogen) atoms. The quantitative estimate of drug-likeness (QED) is 0.632. The number of rotatable bonds is 6. The van der Waals surface area contributed by atoms with Crippen LogP contribution < -0.4 is 14.8 Å². The first-order chi connectivity index (χ1) is 15.1. The lowest BCUT2D eigenvalue weighted by molar-refractivity contribution is 0.102. The molecule has 0 radical (unpaired) electrons. The summed E-state index contributed by atoms with van der Waals surface area (Å²) in [7, 11) is 1.50. The molecule has 1 aromatic heterocycles. The van der Waals surface area contributed by atoms with E-state index in [4.69, 9.17) is 9.47 Å². The minimum atomic E-state index is -0.523. The van der Waals surface area contributed by atoms with Crippen molar-refractivity contribution in [3.63, 3.8) is 0 Å². The van der Waals surface area contributed by atoms with Crippen LogP contribution in [-0.2, 0) is 13.0 Å². The van der Waals surface area contributed by atoms with E-state index in [1.807, 2.05) is 6.92 Å². The molecule has 0 saturated carbocycles. The minimum absolute atomic E-state index is 0.0846. The molecule has 0 spiro atoms. The lowest BCUT2D eigenvalue weighted by Gasteiger charge is -2.12. The summed E-state index contributed by atoms with van der Waals surface area (Å²) in [4.78, 5) is 12.8. The van der Waals surface area contributed by atoms with Crippen molar-refractivity contribution in [3.05, 3.63) is 53.6 Å². The number of benzene rings is 2. The molecular formula is C23H25FN4O3. The number of anilines is 1. The number of nitrogens with one attached hydrogen (secondary N) is 1. The van der Waals surface area contributed by atoms with E-state index in [-0.39, 0.29) is 5.69 Å². The van der Waals surface area contributed by atoms with Gasteiger partial charge in [-0.3, -0.25) is 4.79 Å². The number of ether oxygens (including phenoxy) is 2. The van der Waals surface area contributed by atoms with Gasteiger partial charge in [-0.2, -0.15) is 0 Å². The SMILES string of the molecule is CCOc1ccc(C(=O)Nc2cc(-c3nnc4n3CCCCC4)ccc2F)cc1OC. The van der Waals surface area contributed by atoms with Crippen molar-refractivity contribution in [2.75, 3.05) is 19.0 Å². The lowest BCUT2D eigenvalue weighted by Crippen LogP contribution is -2.13. The highest BCUT2D eigenvalue weighted by molar-refractivity contribution is 6.05. The number of hydrogen-bond acceptors (Lipinski definition) is 5. The smallest absolute Gasteiger partial charge is 0.255 e. The van der Waals surface area contributed by atoms with Gasteiger partial charge in [0.1, 0.15) is 11.6 Å². The van der Waals surface area contributed by atoms with E-state index in [2.05, 4.69) is 20.1 Å². The highest BCUT2D eigenvalue weighted by atomic mass is 19.1. The second-order valence-electron chi connectivity index (χ2n) is 7.35. The summed E-state index contributed by atoms with van der Waals surface area (Å²) in [6.07, 6.45) is 4.19. The zero-order valence-corrected chi connectivity index (χ0v) is 17.7. The Hall–Kier alpha value is -3.42. The maximum atomic E-state index is 14.5. The number of carbonyl (C=O) groups is 1. The Bertz CT molecular complexity index is 1100. The summed E-state index contributed by atoms with van der Waals surface area (Å²) in [6.45, 7) is 3.18. The Morgan fingerprint density at radius 3 is 2.81 bits per heavy atom. The molecule has 1 aliphatic rings. The lowest BCUT2D eigenvalue weighted by atomic mass is 10.1. The van der Waals surface area contributed by atoms with E-state index in [1.54, 1.807) is 30.3 Å². The number of carbonyl (C=O) groups excluding carboxylic acids is 1. The molecule has 4 rings (SSSR count). The van der Waals surface area contributed by atoms with Gasteiger partial charge in [-0.05, 0) is 56.2 Å². The summed E-state index contributed by atoms with van der Waals surface area (Å²) < 4.78 is 27.4. The fraction of sp³-hybridized carbons (Fsp3) is 0.348. The van der Waals surface area contributed by atoms with E-state index in [1.165, 1.54) is 13.2 Å². The van der Waals surface area contributed by atoms with Crippen LogP contribution in [0.5, 0.6) is 11.5 Å². The van der Waals surface area contributed by atoms with Crippen LogP contribution in [0.15, 0.2) is 36.4 Å². The predicted molar refractivity (Wildman–Crippen MR) is 115 cm³/mol. The second-order valence-corrected chi connectivity index (χ2v) is 7.35. The molecular weight excluding hydrogens is 399 g/mol. The van der Waals surface area contributed by atoms with Crippen LogP contribution in [0.2, 0.25) is 0 Å². The number of fused-ring (bicyclic) bond motifs is 1. The molecule has 0 fully saturated rings. The molecule has 2 heterocycles. The van der Waals surface area contributed by atoms with Gasteiger partial charge in [-0.1, -0.05) is 6.42 Å². The van der Waals surface area contributed by atoms with Gasteiger partial charge in [0.15, 0.2) is 17.3 Å². The van der Waals surface area contributed by atoms with Crippen LogP contribution in [0, 0.1) is 5.82 Å². The predicted octanol–water partition coefficient (Wildman–Crippen LogP) is 4.47. The maximum Gasteiger partial charge on any atom is 0.255 e. The normalized spacial score (nSPS) is 13.3. The third-order valence-electron chi connectivity index (χ3n) is 5.31. The first-order valence-electron chi connectivity index (χ1n) is 10.4. The van der Waals surface area contributed by atoms with Gasteiger partial charge in [0.2, 0.25) is 0 Å². The molecule has 2 aromatic carbocycles. The van der Waals surface area contributed by atoms with E-state index in [0.29, 0.717) is 35.1 Å². The minimum Gasteiger partial charge on any atom is -0.493 e. The molecule has 1 aliphatic heterocycles. The summed E-state index contributed by atoms with van der Waals surface area (Å²) in [5.74, 6) is 1.65. The van der Waals surface area contributed by atoms with Gasteiger partial charge >= 0.3 is 0 Å². The van der Waals surface area contributed by atoms with Crippen molar-refractivity contribution in [1.29, 1.82) is 0 Å². The van der Waals surface area contributed by atoms with E-state index >= 15 is 0 Å². The van der Waals surface area contributed by atoms with Crippen LogP contribution in [-0.4, -0.2) is 34.4 Å². The van der Waals surface area contributed by atoms with Gasteiger partial charge in [0.25, 0.3) is 5.91 Å². The van der Waals surface area contributed by atoms with Crippen LogP contribution in [0.4, 0.5) is 10.1 Å². The number of halogens is 1. The summed E-state index contributed by atoms with van der Waals surface area (Å²) in [5, 5.41) is 11.3. The van der Waals surface area contributed by atoms with Gasteiger partial charge in [0, 0.05) is 24.1 Å². The first kappa shape index (κ1) is 20.8. The standard InChI is InChI=1S/C23H25FN4O3/c1-3-31-19-11-9-16(14-20(19)30-2)23(29)25-18-13-15(8-10-17(18)24)22-27-26-21-7-5-4-6-12-28(21)22/h8-11,13-14H,3-7,12H2,1-2H3,(H,25,29). The zero-order chi connectivity index (χ0) is 21.8. The third kappa shape index (κ3) is 4.38. The molecule has 0 aliphatic carbocycles. The summed E-state index contributed by atoms with van der Waals surface area (Å²) in [5.41, 5.74) is 1.13. The third-order valence-corrected chi connectivity index (χ3v) is 5.31. The zero-order valence-electron chi connectivity index (χ0n) is 17.7. The van der Waals surface area contributed by atoms with Crippen LogP contribution in [0.3, 0.4) is 0 Å². The monoisotopic (exact) mass is 424 g/mol. The maximum absolute atomic E-state index is 14.5. The Morgan fingerprint density at radius 1 is 1.13 bits per heavy atom. The highest BCUT2D eigenvalue weighted by Gasteiger charge is 2.18. The highest BCUT2D eigenvalue weighted by Crippen LogP contribution is 2.30. The van der Waals surface area contributed by atoms with Crippen molar-refractivity contribution >= 4 is 11.6 Å². The van der Waals surface area contributed by atoms with Gasteiger partial charge < -0.3 is 19.4 Å². The molecule has 0 bridgehead atoms. The Labute approximate surface area is 180 Å². The van der Waals surface area contributed by atoms with Crippen LogP contribution >= 0.6 is 0 Å². The van der Waals surface area contributed by atoms with E-state index < -0.39 is 11.7 Å². The number of aromatic nitrogens is 3. The molecule has 7 nitrogen and oxygen atoms in total. The van der Waals surface area contributed by atoms with Gasteiger partial charge in [0.05, 0.1) is 19.4 Å². The molecule has 0 saturated heterocycles. The van der Waals surface area contributed by atoms with Crippen LogP contribution in [0.25, 0.3) is 11.4 Å². The molecule has 8 heteroatoms. The molecule has 0 unspecified atom stereocenters. The van der Waals surface area contributed by atoms with Crippen molar-refractivity contribution < 1.29 is 18.7 Å². The molecule has 1 N–H and O–H groups in total. The van der Waals surface area contributed by atoms with Gasteiger partial charge in [-0.15, -0.1) is 10.2 Å². The Morgan fingerprint density at radius 2 is 2.00 bits per heavy atom. The number of aryl methyl sites for hydroxylation is 1. The Balaban J connectivity index is 1.60. The van der Waals surface area contributed by atoms with Crippen molar-refractivity contribution in [1.82, 2.24) is 14.8 Å². The van der Waals surface area contributed by atoms with E-state index in [0.717, 1.165) is 38.1 Å². The van der Waals surface area contributed by atoms with E-state index in [9.17, 15) is 9.18 Å². The molecule has 0 atom stereocenters. The molecule has 1 amide bonds.